The lowest BCUT2D eigenvalue weighted by atomic mass is 9.96. The van der Waals surface area contributed by atoms with Gasteiger partial charge in [-0.15, -0.1) is 0 Å². The molecule has 6 heteroatoms. The van der Waals surface area contributed by atoms with Crippen molar-refractivity contribution in [3.05, 3.63) is 42.5 Å². The molecule has 5 nitrogen and oxygen atoms in total. The third-order valence-corrected chi connectivity index (χ3v) is 7.41. The van der Waals surface area contributed by atoms with Crippen molar-refractivity contribution in [1.82, 2.24) is 9.62 Å². The largest absolute Gasteiger partial charge is 0.353 e. The predicted molar refractivity (Wildman–Crippen MR) is 108 cm³/mol. The van der Waals surface area contributed by atoms with Crippen molar-refractivity contribution in [3.8, 4) is 0 Å². The van der Waals surface area contributed by atoms with Gasteiger partial charge in [-0.2, -0.15) is 4.31 Å². The number of carbonyl (C=O) groups excluding carboxylic acids is 1. The lowest BCUT2D eigenvalue weighted by Gasteiger charge is -2.31. The molecule has 0 unspecified atom stereocenters. The van der Waals surface area contributed by atoms with Crippen molar-refractivity contribution >= 4 is 26.7 Å². The monoisotopic (exact) mass is 388 g/mol. The number of benzene rings is 2. The molecule has 1 saturated heterocycles. The van der Waals surface area contributed by atoms with E-state index in [0.717, 1.165) is 23.6 Å². The van der Waals surface area contributed by atoms with Crippen molar-refractivity contribution in [2.75, 3.05) is 13.1 Å². The molecule has 0 spiro atoms. The first-order valence-electron chi connectivity index (χ1n) is 9.75. The van der Waals surface area contributed by atoms with E-state index in [-0.39, 0.29) is 17.9 Å². The second-order valence-corrected chi connectivity index (χ2v) is 9.15. The Morgan fingerprint density at radius 2 is 1.70 bits per heavy atom. The SMILES string of the molecule is CCC(CC)NC(=O)C1CCN(S(=O)(=O)c2ccc3ccccc3c2)CC1. The average Bonchev–Trinajstić information content (AvgIpc) is 2.71. The molecule has 0 atom stereocenters. The highest BCUT2D eigenvalue weighted by Gasteiger charge is 2.32. The van der Waals surface area contributed by atoms with Crippen LogP contribution in [-0.4, -0.2) is 37.8 Å². The number of hydrogen-bond acceptors (Lipinski definition) is 3. The Morgan fingerprint density at radius 1 is 1.07 bits per heavy atom. The summed E-state index contributed by atoms with van der Waals surface area (Å²) >= 11 is 0. The van der Waals surface area contributed by atoms with Crippen LogP contribution in [-0.2, 0) is 14.8 Å². The minimum atomic E-state index is -3.53. The average molecular weight is 389 g/mol. The molecule has 0 saturated carbocycles. The fraction of sp³-hybridized carbons (Fsp3) is 0.476. The summed E-state index contributed by atoms with van der Waals surface area (Å²) in [5.74, 6) is -0.0416. The molecule has 1 aliphatic heterocycles. The summed E-state index contributed by atoms with van der Waals surface area (Å²) in [6, 6.07) is 13.2. The maximum absolute atomic E-state index is 13.0. The molecule has 1 amide bonds. The van der Waals surface area contributed by atoms with Crippen LogP contribution in [0.1, 0.15) is 39.5 Å². The Kier molecular flexibility index (Phi) is 6.17. The van der Waals surface area contributed by atoms with Crippen molar-refractivity contribution in [1.29, 1.82) is 0 Å². The maximum atomic E-state index is 13.0. The fourth-order valence-corrected chi connectivity index (χ4v) is 5.15. The molecular formula is C21H28N2O3S. The third-order valence-electron chi connectivity index (χ3n) is 5.52. The maximum Gasteiger partial charge on any atom is 0.243 e. The zero-order valence-corrected chi connectivity index (χ0v) is 16.8. The van der Waals surface area contributed by atoms with Gasteiger partial charge in [-0.3, -0.25) is 4.79 Å². The summed E-state index contributed by atoms with van der Waals surface area (Å²) in [5, 5.41) is 5.02. The van der Waals surface area contributed by atoms with Gasteiger partial charge in [-0.25, -0.2) is 8.42 Å². The third kappa shape index (κ3) is 4.33. The lowest BCUT2D eigenvalue weighted by molar-refractivity contribution is -0.126. The van der Waals surface area contributed by atoms with Crippen LogP contribution in [0, 0.1) is 5.92 Å². The highest BCUT2D eigenvalue weighted by molar-refractivity contribution is 7.89. The second-order valence-electron chi connectivity index (χ2n) is 7.21. The molecule has 2 aromatic rings. The first kappa shape index (κ1) is 19.8. The molecule has 0 radical (unpaired) electrons. The van der Waals surface area contributed by atoms with Crippen LogP contribution < -0.4 is 5.32 Å². The van der Waals surface area contributed by atoms with E-state index < -0.39 is 10.0 Å². The molecule has 0 bridgehead atoms. The molecule has 0 aliphatic carbocycles. The molecule has 2 aromatic carbocycles. The van der Waals surface area contributed by atoms with E-state index in [0.29, 0.717) is 30.8 Å². The summed E-state index contributed by atoms with van der Waals surface area (Å²) in [7, 11) is -3.53. The van der Waals surface area contributed by atoms with Crippen molar-refractivity contribution in [2.45, 2.75) is 50.5 Å². The number of carbonyl (C=O) groups is 1. The van der Waals surface area contributed by atoms with Gasteiger partial charge in [0.1, 0.15) is 0 Å². The van der Waals surface area contributed by atoms with Crippen LogP contribution in [0.2, 0.25) is 0 Å². The summed E-state index contributed by atoms with van der Waals surface area (Å²) < 4.78 is 27.5. The van der Waals surface area contributed by atoms with Crippen LogP contribution >= 0.6 is 0 Å². The molecule has 1 N–H and O–H groups in total. The summed E-state index contributed by atoms with van der Waals surface area (Å²) in [6.45, 7) is 4.90. The number of nitrogens with one attached hydrogen (secondary N) is 1. The molecule has 146 valence electrons. The first-order chi connectivity index (χ1) is 13.0. The Labute approximate surface area is 161 Å². The smallest absolute Gasteiger partial charge is 0.243 e. The van der Waals surface area contributed by atoms with Gasteiger partial charge in [0.2, 0.25) is 15.9 Å². The normalized spacial score (nSPS) is 16.7. The van der Waals surface area contributed by atoms with E-state index in [9.17, 15) is 13.2 Å². The topological polar surface area (TPSA) is 66.5 Å². The molecular weight excluding hydrogens is 360 g/mol. The summed E-state index contributed by atoms with van der Waals surface area (Å²) in [6.07, 6.45) is 2.96. The number of sulfonamides is 1. The van der Waals surface area contributed by atoms with Gasteiger partial charge in [0.05, 0.1) is 4.90 Å². The second kappa shape index (κ2) is 8.40. The minimum Gasteiger partial charge on any atom is -0.353 e. The van der Waals surface area contributed by atoms with Gasteiger partial charge in [-0.1, -0.05) is 44.2 Å². The minimum absolute atomic E-state index is 0.0615. The van der Waals surface area contributed by atoms with Crippen molar-refractivity contribution in [3.63, 3.8) is 0 Å². The van der Waals surface area contributed by atoms with E-state index in [1.807, 2.05) is 30.3 Å². The summed E-state index contributed by atoms with van der Waals surface area (Å²) in [5.41, 5.74) is 0. The van der Waals surface area contributed by atoms with Gasteiger partial charge in [0, 0.05) is 25.0 Å². The fourth-order valence-electron chi connectivity index (χ4n) is 3.65. The number of hydrogen-bond donors (Lipinski definition) is 1. The highest BCUT2D eigenvalue weighted by atomic mass is 32.2. The van der Waals surface area contributed by atoms with Crippen LogP contribution in [0.25, 0.3) is 10.8 Å². The van der Waals surface area contributed by atoms with Crippen LogP contribution in [0.4, 0.5) is 0 Å². The van der Waals surface area contributed by atoms with Gasteiger partial charge in [-0.05, 0) is 48.6 Å². The Morgan fingerprint density at radius 3 is 2.33 bits per heavy atom. The van der Waals surface area contributed by atoms with E-state index >= 15 is 0 Å². The quantitative estimate of drug-likeness (QED) is 0.823. The van der Waals surface area contributed by atoms with Gasteiger partial charge >= 0.3 is 0 Å². The standard InChI is InChI=1S/C21H28N2O3S/c1-3-19(4-2)22-21(24)17-11-13-23(14-12-17)27(25,26)20-10-9-16-7-5-6-8-18(16)15-20/h5-10,15,17,19H,3-4,11-14H2,1-2H3,(H,22,24). The van der Waals surface area contributed by atoms with Gasteiger partial charge in [0.15, 0.2) is 0 Å². The Hall–Kier alpha value is -1.92. The van der Waals surface area contributed by atoms with E-state index in [2.05, 4.69) is 19.2 Å². The lowest BCUT2D eigenvalue weighted by Crippen LogP contribution is -2.45. The predicted octanol–water partition coefficient (Wildman–Crippen LogP) is 3.55. The number of fused-ring (bicyclic) bond motifs is 1. The molecule has 27 heavy (non-hydrogen) atoms. The number of piperidine rings is 1. The Bertz CT molecular complexity index is 899. The van der Waals surface area contributed by atoms with E-state index in [1.165, 1.54) is 4.31 Å². The molecule has 3 rings (SSSR count). The van der Waals surface area contributed by atoms with Crippen molar-refractivity contribution < 1.29 is 13.2 Å². The van der Waals surface area contributed by atoms with Crippen LogP contribution in [0.3, 0.4) is 0 Å². The van der Waals surface area contributed by atoms with Crippen LogP contribution in [0.15, 0.2) is 47.4 Å². The number of rotatable bonds is 6. The summed E-state index contributed by atoms with van der Waals surface area (Å²) in [4.78, 5) is 12.7. The van der Waals surface area contributed by atoms with E-state index in [1.54, 1.807) is 12.1 Å². The zero-order chi connectivity index (χ0) is 19.4. The molecule has 1 fully saturated rings. The van der Waals surface area contributed by atoms with Gasteiger partial charge in [0.25, 0.3) is 0 Å². The first-order valence-corrected chi connectivity index (χ1v) is 11.2. The molecule has 1 heterocycles. The number of amides is 1. The Balaban J connectivity index is 1.68. The molecule has 1 aliphatic rings. The van der Waals surface area contributed by atoms with E-state index in [4.69, 9.17) is 0 Å². The van der Waals surface area contributed by atoms with Gasteiger partial charge < -0.3 is 5.32 Å². The highest BCUT2D eigenvalue weighted by Crippen LogP contribution is 2.26. The van der Waals surface area contributed by atoms with Crippen LogP contribution in [0.5, 0.6) is 0 Å². The zero-order valence-electron chi connectivity index (χ0n) is 16.0. The van der Waals surface area contributed by atoms with Crippen molar-refractivity contribution in [2.24, 2.45) is 5.92 Å². The molecule has 0 aromatic heterocycles. The number of nitrogens with zero attached hydrogens (tertiary/aromatic N) is 1.